The average Bonchev–Trinajstić information content (AvgIpc) is 3.53. The Labute approximate surface area is 363 Å². The van der Waals surface area contributed by atoms with Crippen molar-refractivity contribution in [3.8, 4) is 0 Å². The minimum atomic E-state index is -0.846. The van der Waals surface area contributed by atoms with Crippen molar-refractivity contribution in [2.24, 2.45) is 5.92 Å². The Morgan fingerprint density at radius 2 is 1.37 bits per heavy atom. The number of imide groups is 1. The van der Waals surface area contributed by atoms with Crippen LogP contribution >= 0.6 is 11.8 Å². The topological polar surface area (TPSA) is 180 Å². The second-order valence-electron chi connectivity index (χ2n) is 15.4. The zero-order valence-electron chi connectivity index (χ0n) is 35.5. The molecule has 1 fully saturated rings. The van der Waals surface area contributed by atoms with Gasteiger partial charge < -0.3 is 23.6 Å². The normalized spacial score (nSPS) is 14.6. The molecule has 0 aliphatic carbocycles. The van der Waals surface area contributed by atoms with E-state index in [0.29, 0.717) is 76.4 Å². The minimum Gasteiger partial charge on any atom is -0.422 e. The van der Waals surface area contributed by atoms with E-state index in [4.69, 9.17) is 18.3 Å². The number of hydrogen-bond donors (Lipinski definition) is 1. The van der Waals surface area contributed by atoms with Crippen LogP contribution in [0.5, 0.6) is 0 Å². The summed E-state index contributed by atoms with van der Waals surface area (Å²) < 4.78 is 22.7. The van der Waals surface area contributed by atoms with Crippen molar-refractivity contribution in [1.82, 2.24) is 10.2 Å². The third kappa shape index (κ3) is 10.8. The lowest BCUT2D eigenvalue weighted by Gasteiger charge is -2.21. The molecule has 0 bridgehead atoms. The molecule has 3 amide bonds. The van der Waals surface area contributed by atoms with E-state index in [1.807, 2.05) is 45.0 Å². The van der Waals surface area contributed by atoms with Crippen LogP contribution in [0.1, 0.15) is 90.0 Å². The van der Waals surface area contributed by atoms with Crippen molar-refractivity contribution in [2.75, 3.05) is 45.3 Å². The van der Waals surface area contributed by atoms with Crippen LogP contribution in [0.3, 0.4) is 0 Å². The number of fused-ring (bicyclic) bond motifs is 2. The first-order valence-corrected chi connectivity index (χ1v) is 22.0. The van der Waals surface area contributed by atoms with E-state index in [0.717, 1.165) is 10.8 Å². The maximum atomic E-state index is 13.7. The molecule has 0 spiro atoms. The predicted octanol–water partition coefficient (Wildman–Crippen LogP) is 6.67. The number of thioether (sulfide) groups is 1. The van der Waals surface area contributed by atoms with E-state index in [9.17, 15) is 33.6 Å². The zero-order valence-corrected chi connectivity index (χ0v) is 36.3. The van der Waals surface area contributed by atoms with Gasteiger partial charge >= 0.3 is 11.3 Å². The SMILES string of the molecule is CC[C@@H](CSC1CC(=O)N(CCC(=O)CCCOCCOCCNC(=O)c2ccc(C(c3c(C)c4ccccc4oc3=O)c3c(C)c4ccccc4oc3=O)cc2)C1=O)C(C)=O. The molecule has 6 rings (SSSR count). The number of nitrogens with one attached hydrogen (secondary N) is 1. The van der Waals surface area contributed by atoms with Crippen LogP contribution in [0, 0.1) is 19.8 Å². The van der Waals surface area contributed by atoms with Crippen LogP contribution in [0.25, 0.3) is 21.9 Å². The number of nitrogens with zero attached hydrogens (tertiary/aromatic N) is 1. The first-order valence-electron chi connectivity index (χ1n) is 21.0. The fourth-order valence-electron chi connectivity index (χ4n) is 7.78. The van der Waals surface area contributed by atoms with Crippen molar-refractivity contribution in [1.29, 1.82) is 0 Å². The molecule has 0 saturated carbocycles. The van der Waals surface area contributed by atoms with Crippen molar-refractivity contribution < 1.29 is 42.3 Å². The number of para-hydroxylation sites is 2. The van der Waals surface area contributed by atoms with Gasteiger partial charge in [-0.15, -0.1) is 11.8 Å². The molecule has 62 heavy (non-hydrogen) atoms. The average molecular weight is 865 g/mol. The molecule has 2 atom stereocenters. The molecule has 13 nitrogen and oxygen atoms in total. The van der Waals surface area contributed by atoms with E-state index in [2.05, 4.69) is 5.32 Å². The van der Waals surface area contributed by atoms with E-state index < -0.39 is 22.4 Å². The molecule has 3 aromatic carbocycles. The highest BCUT2D eigenvalue weighted by Crippen LogP contribution is 2.36. The zero-order chi connectivity index (χ0) is 44.3. The minimum absolute atomic E-state index is 0.0606. The van der Waals surface area contributed by atoms with Gasteiger partial charge in [-0.1, -0.05) is 55.5 Å². The molecule has 2 aromatic heterocycles. The van der Waals surface area contributed by atoms with Crippen LogP contribution in [0.15, 0.2) is 91.2 Å². The Hall–Kier alpha value is -5.70. The molecular formula is C48H52N2O11S. The molecule has 1 aliphatic heterocycles. The lowest BCUT2D eigenvalue weighted by atomic mass is 9.81. The Morgan fingerprint density at radius 3 is 1.95 bits per heavy atom. The quantitative estimate of drug-likeness (QED) is 0.0444. The van der Waals surface area contributed by atoms with E-state index in [1.54, 1.807) is 48.5 Å². The smallest absolute Gasteiger partial charge is 0.340 e. The van der Waals surface area contributed by atoms with Crippen LogP contribution in [0.2, 0.25) is 0 Å². The van der Waals surface area contributed by atoms with Gasteiger partial charge in [-0.3, -0.25) is 28.9 Å². The number of benzene rings is 3. The first kappa shape index (κ1) is 45.8. The van der Waals surface area contributed by atoms with Crippen molar-refractivity contribution >= 4 is 63.0 Å². The molecular weight excluding hydrogens is 813 g/mol. The van der Waals surface area contributed by atoms with Gasteiger partial charge in [-0.25, -0.2) is 9.59 Å². The molecule has 1 aliphatic rings. The van der Waals surface area contributed by atoms with Crippen LogP contribution in [-0.4, -0.2) is 84.7 Å². The van der Waals surface area contributed by atoms with Gasteiger partial charge in [0.15, 0.2) is 0 Å². The van der Waals surface area contributed by atoms with Crippen molar-refractivity contribution in [3.05, 3.63) is 127 Å². The number of carbonyl (C=O) groups is 5. The summed E-state index contributed by atoms with van der Waals surface area (Å²) in [7, 11) is 0. The van der Waals surface area contributed by atoms with Gasteiger partial charge in [0.05, 0.1) is 36.2 Å². The Balaban J connectivity index is 0.941. The fraction of sp³-hybridized carbons (Fsp3) is 0.396. The van der Waals surface area contributed by atoms with Gasteiger partial charge in [-0.05, 0) is 74.6 Å². The Kier molecular flexibility index (Phi) is 15.8. The summed E-state index contributed by atoms with van der Waals surface area (Å²) in [4.78, 5) is 91.0. The van der Waals surface area contributed by atoms with Gasteiger partial charge in [0.1, 0.15) is 22.7 Å². The Morgan fingerprint density at radius 1 is 0.790 bits per heavy atom. The molecule has 326 valence electrons. The number of Topliss-reactive ketones (excluding diaryl/α,β-unsaturated/α-hetero) is 2. The third-order valence-corrected chi connectivity index (χ3v) is 12.7. The van der Waals surface area contributed by atoms with Crippen LogP contribution in [-0.2, 0) is 28.7 Å². The van der Waals surface area contributed by atoms with Crippen LogP contribution in [0.4, 0.5) is 0 Å². The summed E-state index contributed by atoms with van der Waals surface area (Å²) in [5.74, 6) is -1.37. The van der Waals surface area contributed by atoms with Gasteiger partial charge in [0, 0.05) is 72.9 Å². The highest BCUT2D eigenvalue weighted by atomic mass is 32.2. The number of likely N-dealkylation sites (tertiary alicyclic amines) is 1. The van der Waals surface area contributed by atoms with E-state index in [1.165, 1.54) is 23.6 Å². The van der Waals surface area contributed by atoms with E-state index in [-0.39, 0.29) is 80.8 Å². The van der Waals surface area contributed by atoms with E-state index >= 15 is 0 Å². The number of rotatable bonds is 22. The second kappa shape index (κ2) is 21.4. The number of carbonyl (C=O) groups excluding carboxylic acids is 5. The monoisotopic (exact) mass is 864 g/mol. The fourth-order valence-corrected chi connectivity index (χ4v) is 9.24. The lowest BCUT2D eigenvalue weighted by Crippen LogP contribution is -2.33. The lowest BCUT2D eigenvalue weighted by molar-refractivity contribution is -0.138. The summed E-state index contributed by atoms with van der Waals surface area (Å²) in [6.07, 6.45) is 1.62. The Bertz CT molecular complexity index is 2460. The molecule has 1 saturated heterocycles. The third-order valence-electron chi connectivity index (χ3n) is 11.4. The van der Waals surface area contributed by atoms with Gasteiger partial charge in [0.25, 0.3) is 5.91 Å². The molecule has 3 heterocycles. The van der Waals surface area contributed by atoms with Gasteiger partial charge in [-0.2, -0.15) is 0 Å². The molecule has 1 N–H and O–H groups in total. The maximum absolute atomic E-state index is 13.7. The van der Waals surface area contributed by atoms with Crippen LogP contribution < -0.4 is 16.6 Å². The summed E-state index contributed by atoms with van der Waals surface area (Å²) >= 11 is 1.34. The predicted molar refractivity (Wildman–Crippen MR) is 237 cm³/mol. The summed E-state index contributed by atoms with van der Waals surface area (Å²) in [5.41, 5.74) is 2.71. The first-order chi connectivity index (χ1) is 29.9. The molecule has 1 unspecified atom stereocenters. The number of ether oxygens (including phenoxy) is 2. The largest absolute Gasteiger partial charge is 0.422 e. The summed E-state index contributed by atoms with van der Waals surface area (Å²) in [6, 6.07) is 21.2. The summed E-state index contributed by atoms with van der Waals surface area (Å²) in [6.45, 7) is 8.61. The number of amides is 3. The highest BCUT2D eigenvalue weighted by Gasteiger charge is 2.39. The van der Waals surface area contributed by atoms with Crippen molar-refractivity contribution in [3.63, 3.8) is 0 Å². The number of ketones is 2. The summed E-state index contributed by atoms with van der Waals surface area (Å²) in [5, 5.41) is 3.82. The molecule has 0 radical (unpaired) electrons. The molecule has 14 heteroatoms. The van der Waals surface area contributed by atoms with Gasteiger partial charge in [0.2, 0.25) is 11.8 Å². The highest BCUT2D eigenvalue weighted by molar-refractivity contribution is 8.00. The molecule has 5 aromatic rings. The van der Waals surface area contributed by atoms with Crippen molar-refractivity contribution in [2.45, 2.75) is 71.0 Å². The number of hydrogen-bond acceptors (Lipinski definition) is 12. The standard InChI is InChI=1S/C48H52N2O11S/c1-5-32(31(4)51)28-62-40-27-41(53)50(46(40)55)22-20-35(52)11-10-23-58-25-26-59-24-21-49-45(54)34-18-16-33(17-19-34)44(42-29(2)36-12-6-8-14-38(36)60-47(42)56)43-30(3)37-13-7-9-15-39(37)61-48(43)57/h6-9,12-19,32,40,44H,5,10-11,20-28H2,1-4H3,(H,49,54)/t32-,40?/m0/s1. The maximum Gasteiger partial charge on any atom is 0.340 e. The number of aryl methyl sites for hydroxylation is 2. The second-order valence-corrected chi connectivity index (χ2v) is 16.6.